The van der Waals surface area contributed by atoms with E-state index >= 15 is 0 Å². The summed E-state index contributed by atoms with van der Waals surface area (Å²) in [7, 11) is 1.99. The first kappa shape index (κ1) is 15.0. The first-order valence-corrected chi connectivity index (χ1v) is 7.36. The van der Waals surface area contributed by atoms with Crippen molar-refractivity contribution in [3.63, 3.8) is 0 Å². The van der Waals surface area contributed by atoms with Gasteiger partial charge in [0.05, 0.1) is 17.3 Å². The van der Waals surface area contributed by atoms with Gasteiger partial charge >= 0.3 is 0 Å². The van der Waals surface area contributed by atoms with Crippen LogP contribution in [0.3, 0.4) is 0 Å². The van der Waals surface area contributed by atoms with Crippen molar-refractivity contribution in [3.8, 4) is 0 Å². The van der Waals surface area contributed by atoms with E-state index in [2.05, 4.69) is 31.2 Å². The molecule has 5 heteroatoms. The van der Waals surface area contributed by atoms with Gasteiger partial charge in [0.25, 0.3) is 5.91 Å². The van der Waals surface area contributed by atoms with Gasteiger partial charge in [0.2, 0.25) is 0 Å². The standard InChI is InChI=1S/C15H26N4O/c1-11-13(10-17-19(11)15(2,3)4)14(20)18-8-6-12(16-5)7-9-18/h10,12,16H,6-9H2,1-5H3. The third-order valence-corrected chi connectivity index (χ3v) is 4.07. The van der Waals surface area contributed by atoms with E-state index in [1.54, 1.807) is 6.20 Å². The van der Waals surface area contributed by atoms with Crippen LogP contribution in [0, 0.1) is 6.92 Å². The van der Waals surface area contributed by atoms with Crippen LogP contribution < -0.4 is 5.32 Å². The summed E-state index contributed by atoms with van der Waals surface area (Å²) in [6.45, 7) is 9.92. The minimum atomic E-state index is -0.0955. The number of nitrogens with zero attached hydrogens (tertiary/aromatic N) is 3. The Morgan fingerprint density at radius 2 is 1.95 bits per heavy atom. The maximum atomic E-state index is 12.6. The molecule has 0 aliphatic carbocycles. The van der Waals surface area contributed by atoms with E-state index in [1.165, 1.54) is 0 Å². The third kappa shape index (κ3) is 2.87. The normalized spacial score (nSPS) is 17.6. The second-order valence-corrected chi connectivity index (χ2v) is 6.58. The lowest BCUT2D eigenvalue weighted by atomic mass is 10.0. The molecule has 1 amide bonds. The van der Waals surface area contributed by atoms with Crippen LogP contribution in [0.15, 0.2) is 6.20 Å². The Morgan fingerprint density at radius 3 is 2.40 bits per heavy atom. The summed E-state index contributed by atoms with van der Waals surface area (Å²) < 4.78 is 1.93. The van der Waals surface area contributed by atoms with E-state index in [9.17, 15) is 4.79 Å². The van der Waals surface area contributed by atoms with Crippen molar-refractivity contribution in [1.29, 1.82) is 0 Å². The number of nitrogens with one attached hydrogen (secondary N) is 1. The molecule has 0 atom stereocenters. The number of amides is 1. The SMILES string of the molecule is CNC1CCN(C(=O)c2cnn(C(C)(C)C)c2C)CC1. The zero-order valence-electron chi connectivity index (χ0n) is 13.2. The van der Waals surface area contributed by atoms with Gasteiger partial charge in [0.15, 0.2) is 0 Å². The highest BCUT2D eigenvalue weighted by atomic mass is 16.2. The molecule has 5 nitrogen and oxygen atoms in total. The van der Waals surface area contributed by atoms with Gasteiger partial charge in [0, 0.05) is 24.8 Å². The summed E-state index contributed by atoms with van der Waals surface area (Å²) in [6.07, 6.45) is 3.76. The minimum Gasteiger partial charge on any atom is -0.338 e. The monoisotopic (exact) mass is 278 g/mol. The van der Waals surface area contributed by atoms with E-state index in [0.29, 0.717) is 6.04 Å². The van der Waals surface area contributed by atoms with Crippen LogP contribution >= 0.6 is 0 Å². The quantitative estimate of drug-likeness (QED) is 0.897. The van der Waals surface area contributed by atoms with Gasteiger partial charge in [-0.05, 0) is 47.6 Å². The summed E-state index contributed by atoms with van der Waals surface area (Å²) >= 11 is 0. The lowest BCUT2D eigenvalue weighted by molar-refractivity contribution is 0.0706. The molecule has 2 rings (SSSR count). The van der Waals surface area contributed by atoms with Crippen LogP contribution in [0.4, 0.5) is 0 Å². The first-order valence-electron chi connectivity index (χ1n) is 7.36. The van der Waals surface area contributed by atoms with Crippen LogP contribution in [-0.4, -0.2) is 46.8 Å². The molecule has 1 aromatic heterocycles. The van der Waals surface area contributed by atoms with Crippen molar-refractivity contribution in [3.05, 3.63) is 17.5 Å². The van der Waals surface area contributed by atoms with E-state index in [0.717, 1.165) is 37.2 Å². The largest absolute Gasteiger partial charge is 0.338 e. The molecule has 1 aliphatic heterocycles. The Bertz CT molecular complexity index is 479. The Kier molecular flexibility index (Phi) is 4.18. The zero-order valence-corrected chi connectivity index (χ0v) is 13.2. The molecule has 2 heterocycles. The molecule has 0 aromatic carbocycles. The van der Waals surface area contributed by atoms with Crippen LogP contribution in [0.1, 0.15) is 49.7 Å². The topological polar surface area (TPSA) is 50.2 Å². The van der Waals surface area contributed by atoms with Crippen molar-refractivity contribution in [1.82, 2.24) is 20.0 Å². The van der Waals surface area contributed by atoms with E-state index in [1.807, 2.05) is 23.6 Å². The minimum absolute atomic E-state index is 0.0955. The van der Waals surface area contributed by atoms with E-state index in [-0.39, 0.29) is 11.4 Å². The predicted octanol–water partition coefficient (Wildman–Crippen LogP) is 1.77. The summed E-state index contributed by atoms with van der Waals surface area (Å²) in [5.41, 5.74) is 1.60. The van der Waals surface area contributed by atoms with Gasteiger partial charge in [0.1, 0.15) is 0 Å². The van der Waals surface area contributed by atoms with E-state index in [4.69, 9.17) is 0 Å². The summed E-state index contributed by atoms with van der Waals surface area (Å²) in [5.74, 6) is 0.118. The molecular weight excluding hydrogens is 252 g/mol. The van der Waals surface area contributed by atoms with Crippen molar-refractivity contribution >= 4 is 5.91 Å². The highest BCUT2D eigenvalue weighted by molar-refractivity contribution is 5.95. The van der Waals surface area contributed by atoms with E-state index < -0.39 is 0 Å². The summed E-state index contributed by atoms with van der Waals surface area (Å²) in [5, 5.41) is 7.67. The average molecular weight is 278 g/mol. The second-order valence-electron chi connectivity index (χ2n) is 6.58. The van der Waals surface area contributed by atoms with Crippen molar-refractivity contribution in [2.75, 3.05) is 20.1 Å². The molecule has 0 unspecified atom stereocenters. The predicted molar refractivity (Wildman–Crippen MR) is 79.9 cm³/mol. The average Bonchev–Trinajstić information content (AvgIpc) is 2.80. The molecule has 0 saturated carbocycles. The number of carbonyl (C=O) groups excluding carboxylic acids is 1. The fourth-order valence-electron chi connectivity index (χ4n) is 2.84. The third-order valence-electron chi connectivity index (χ3n) is 4.07. The number of aromatic nitrogens is 2. The lowest BCUT2D eigenvalue weighted by Gasteiger charge is -2.31. The Labute approximate surface area is 121 Å². The number of rotatable bonds is 2. The molecule has 1 fully saturated rings. The molecule has 1 aromatic rings. The first-order chi connectivity index (χ1) is 9.34. The Morgan fingerprint density at radius 1 is 1.35 bits per heavy atom. The van der Waals surface area contributed by atoms with Gasteiger partial charge in [-0.3, -0.25) is 9.48 Å². The van der Waals surface area contributed by atoms with Crippen molar-refractivity contribution in [2.45, 2.75) is 52.1 Å². The van der Waals surface area contributed by atoms with Gasteiger partial charge in [-0.25, -0.2) is 0 Å². The molecule has 112 valence electrons. The second kappa shape index (κ2) is 5.56. The molecule has 0 radical (unpaired) electrons. The number of likely N-dealkylation sites (tertiary alicyclic amines) is 1. The Balaban J connectivity index is 2.13. The highest BCUT2D eigenvalue weighted by Crippen LogP contribution is 2.21. The van der Waals surface area contributed by atoms with Gasteiger partial charge in [-0.1, -0.05) is 0 Å². The fourth-order valence-corrected chi connectivity index (χ4v) is 2.84. The zero-order chi connectivity index (χ0) is 14.9. The molecule has 0 spiro atoms. The molecule has 20 heavy (non-hydrogen) atoms. The van der Waals surface area contributed by atoms with Crippen LogP contribution in [0.2, 0.25) is 0 Å². The van der Waals surface area contributed by atoms with Crippen LogP contribution in [0.25, 0.3) is 0 Å². The van der Waals surface area contributed by atoms with Crippen molar-refractivity contribution < 1.29 is 4.79 Å². The highest BCUT2D eigenvalue weighted by Gasteiger charge is 2.27. The maximum absolute atomic E-state index is 12.6. The molecule has 1 aliphatic rings. The van der Waals surface area contributed by atoms with Gasteiger partial charge in [-0.2, -0.15) is 5.10 Å². The molecule has 1 N–H and O–H groups in total. The molecular formula is C15H26N4O. The maximum Gasteiger partial charge on any atom is 0.257 e. The summed E-state index contributed by atoms with van der Waals surface area (Å²) in [6, 6.07) is 0.539. The number of carbonyl (C=O) groups is 1. The molecule has 0 bridgehead atoms. The number of hydrogen-bond donors (Lipinski definition) is 1. The summed E-state index contributed by atoms with van der Waals surface area (Å²) in [4.78, 5) is 14.6. The molecule has 1 saturated heterocycles. The van der Waals surface area contributed by atoms with Crippen LogP contribution in [0.5, 0.6) is 0 Å². The smallest absolute Gasteiger partial charge is 0.257 e. The van der Waals surface area contributed by atoms with Gasteiger partial charge in [-0.15, -0.1) is 0 Å². The van der Waals surface area contributed by atoms with Crippen LogP contribution in [-0.2, 0) is 5.54 Å². The lowest BCUT2D eigenvalue weighted by Crippen LogP contribution is -2.44. The number of piperidine rings is 1. The number of hydrogen-bond acceptors (Lipinski definition) is 3. The Hall–Kier alpha value is -1.36. The van der Waals surface area contributed by atoms with Crippen molar-refractivity contribution in [2.24, 2.45) is 0 Å². The fraction of sp³-hybridized carbons (Fsp3) is 0.733. The van der Waals surface area contributed by atoms with Gasteiger partial charge < -0.3 is 10.2 Å².